The van der Waals surface area contributed by atoms with Crippen molar-refractivity contribution in [3.63, 3.8) is 0 Å². The van der Waals surface area contributed by atoms with Gasteiger partial charge >= 0.3 is 0 Å². The van der Waals surface area contributed by atoms with Gasteiger partial charge in [0.15, 0.2) is 23.0 Å². The minimum atomic E-state index is -0.0570. The summed E-state index contributed by atoms with van der Waals surface area (Å²) in [6.07, 6.45) is 2.72. The molecule has 0 aromatic heterocycles. The van der Waals surface area contributed by atoms with E-state index < -0.39 is 0 Å². The average Bonchev–Trinajstić information content (AvgIpc) is 3.11. The highest BCUT2D eigenvalue weighted by atomic mass is 35.5. The molecular weight excluding hydrogens is 394 g/mol. The van der Waals surface area contributed by atoms with E-state index in [1.54, 1.807) is 12.1 Å². The number of benzene rings is 2. The highest BCUT2D eigenvalue weighted by Crippen LogP contribution is 2.41. The fourth-order valence-electron chi connectivity index (χ4n) is 4.14. The predicted octanol–water partition coefficient (Wildman–Crippen LogP) is 4.25. The Morgan fingerprint density at radius 2 is 1.69 bits per heavy atom. The average molecular weight is 416 g/mol. The minimum Gasteiger partial charge on any atom is -0.490 e. The molecule has 3 aliphatic heterocycles. The molecule has 0 radical (unpaired) electrons. The third-order valence-corrected chi connectivity index (χ3v) is 5.79. The third kappa shape index (κ3) is 3.46. The molecule has 2 aromatic rings. The van der Waals surface area contributed by atoms with Crippen molar-refractivity contribution in [1.82, 2.24) is 4.90 Å². The standard InChI is InChI=1S/C22H22ClNO5/c23-16-11-15(13-20-21(16)29-10-9-28-20)22(25)24-6-1-3-17(24)14-4-5-18-19(12-14)27-8-2-7-26-18/h4-5,11-13,17H,1-3,6-10H2/t17-/m0/s1. The van der Waals surface area contributed by atoms with Crippen molar-refractivity contribution >= 4 is 17.5 Å². The highest BCUT2D eigenvalue weighted by Gasteiger charge is 2.32. The molecule has 152 valence electrons. The van der Waals surface area contributed by atoms with Crippen molar-refractivity contribution in [2.24, 2.45) is 0 Å². The van der Waals surface area contributed by atoms with E-state index in [4.69, 9.17) is 30.5 Å². The monoisotopic (exact) mass is 415 g/mol. The number of hydrogen-bond donors (Lipinski definition) is 0. The van der Waals surface area contributed by atoms with Crippen LogP contribution in [-0.2, 0) is 0 Å². The number of hydrogen-bond acceptors (Lipinski definition) is 5. The second-order valence-electron chi connectivity index (χ2n) is 7.40. The Labute approximate surface area is 174 Å². The van der Waals surface area contributed by atoms with Gasteiger partial charge in [-0.2, -0.15) is 0 Å². The van der Waals surface area contributed by atoms with Gasteiger partial charge in [0.1, 0.15) is 13.2 Å². The molecule has 0 bridgehead atoms. The van der Waals surface area contributed by atoms with Gasteiger partial charge in [0.2, 0.25) is 0 Å². The maximum Gasteiger partial charge on any atom is 0.254 e. The van der Waals surface area contributed by atoms with Gasteiger partial charge < -0.3 is 23.8 Å². The maximum atomic E-state index is 13.3. The van der Waals surface area contributed by atoms with Crippen molar-refractivity contribution in [1.29, 1.82) is 0 Å². The van der Waals surface area contributed by atoms with E-state index in [1.165, 1.54) is 0 Å². The largest absolute Gasteiger partial charge is 0.490 e. The van der Waals surface area contributed by atoms with Gasteiger partial charge in [-0.25, -0.2) is 0 Å². The number of carbonyl (C=O) groups is 1. The number of carbonyl (C=O) groups excluding carboxylic acids is 1. The molecule has 5 rings (SSSR count). The number of nitrogens with zero attached hydrogens (tertiary/aromatic N) is 1. The molecule has 6 nitrogen and oxygen atoms in total. The summed E-state index contributed by atoms with van der Waals surface area (Å²) in [6.45, 7) is 2.90. The molecule has 2 aromatic carbocycles. The van der Waals surface area contributed by atoms with Gasteiger partial charge in [0, 0.05) is 18.5 Å². The molecular formula is C22H22ClNO5. The summed E-state index contributed by atoms with van der Waals surface area (Å²) in [5, 5.41) is 0.400. The van der Waals surface area contributed by atoms with Crippen LogP contribution in [0.2, 0.25) is 5.02 Å². The molecule has 1 fully saturated rings. The number of fused-ring (bicyclic) bond motifs is 2. The molecule has 7 heteroatoms. The van der Waals surface area contributed by atoms with Crippen LogP contribution < -0.4 is 18.9 Å². The molecule has 0 N–H and O–H groups in total. The van der Waals surface area contributed by atoms with E-state index in [0.29, 0.717) is 55.1 Å². The van der Waals surface area contributed by atoms with Crippen LogP contribution in [0.3, 0.4) is 0 Å². The molecule has 3 aliphatic rings. The van der Waals surface area contributed by atoms with E-state index >= 15 is 0 Å². The molecule has 0 unspecified atom stereocenters. The van der Waals surface area contributed by atoms with E-state index in [0.717, 1.165) is 36.3 Å². The highest BCUT2D eigenvalue weighted by molar-refractivity contribution is 6.32. The zero-order valence-electron chi connectivity index (χ0n) is 16.0. The van der Waals surface area contributed by atoms with Crippen LogP contribution in [0.25, 0.3) is 0 Å². The lowest BCUT2D eigenvalue weighted by Crippen LogP contribution is -2.30. The fourth-order valence-corrected chi connectivity index (χ4v) is 4.41. The van der Waals surface area contributed by atoms with Crippen molar-refractivity contribution in [3.05, 3.63) is 46.5 Å². The summed E-state index contributed by atoms with van der Waals surface area (Å²) < 4.78 is 22.8. The van der Waals surface area contributed by atoms with Crippen LogP contribution in [0.5, 0.6) is 23.0 Å². The number of halogens is 1. The Balaban J connectivity index is 1.43. The Morgan fingerprint density at radius 3 is 2.59 bits per heavy atom. The first kappa shape index (κ1) is 18.4. The van der Waals surface area contributed by atoms with Gasteiger partial charge in [0.25, 0.3) is 5.91 Å². The van der Waals surface area contributed by atoms with Crippen molar-refractivity contribution in [2.45, 2.75) is 25.3 Å². The molecule has 3 heterocycles. The summed E-state index contributed by atoms with van der Waals surface area (Å²) >= 11 is 6.34. The molecule has 1 atom stereocenters. The van der Waals surface area contributed by atoms with E-state index in [2.05, 4.69) is 0 Å². The van der Waals surface area contributed by atoms with Gasteiger partial charge in [-0.05, 0) is 42.7 Å². The SMILES string of the molecule is O=C(c1cc(Cl)c2c(c1)OCCO2)N1CCC[C@H]1c1ccc2c(c1)OCCCO2. The van der Waals surface area contributed by atoms with Gasteiger partial charge in [-0.15, -0.1) is 0 Å². The molecule has 29 heavy (non-hydrogen) atoms. The first-order chi connectivity index (χ1) is 14.2. The van der Waals surface area contributed by atoms with Crippen LogP contribution in [0.15, 0.2) is 30.3 Å². The van der Waals surface area contributed by atoms with Crippen LogP contribution in [-0.4, -0.2) is 43.8 Å². The number of ether oxygens (including phenoxy) is 4. The van der Waals surface area contributed by atoms with Crippen molar-refractivity contribution < 1.29 is 23.7 Å². The lowest BCUT2D eigenvalue weighted by atomic mass is 10.0. The van der Waals surface area contributed by atoms with E-state index in [1.807, 2.05) is 23.1 Å². The molecule has 1 amide bonds. The van der Waals surface area contributed by atoms with Crippen LogP contribution >= 0.6 is 11.6 Å². The fraction of sp³-hybridized carbons (Fsp3) is 0.409. The van der Waals surface area contributed by atoms with Crippen LogP contribution in [0.1, 0.15) is 41.2 Å². The van der Waals surface area contributed by atoms with Crippen molar-refractivity contribution in [3.8, 4) is 23.0 Å². The number of likely N-dealkylation sites (tertiary alicyclic amines) is 1. The summed E-state index contributed by atoms with van der Waals surface area (Å²) in [6, 6.07) is 9.37. The quantitative estimate of drug-likeness (QED) is 0.733. The molecule has 0 spiro atoms. The predicted molar refractivity (Wildman–Crippen MR) is 108 cm³/mol. The zero-order valence-corrected chi connectivity index (χ0v) is 16.7. The van der Waals surface area contributed by atoms with Crippen LogP contribution in [0, 0.1) is 0 Å². The second kappa shape index (κ2) is 7.67. The minimum absolute atomic E-state index is 0.00775. The van der Waals surface area contributed by atoms with E-state index in [-0.39, 0.29) is 11.9 Å². The number of rotatable bonds is 2. The lowest BCUT2D eigenvalue weighted by Gasteiger charge is -2.27. The molecule has 0 saturated carbocycles. The van der Waals surface area contributed by atoms with Crippen LogP contribution in [0.4, 0.5) is 0 Å². The zero-order chi connectivity index (χ0) is 19.8. The maximum absolute atomic E-state index is 13.3. The summed E-state index contributed by atoms with van der Waals surface area (Å²) in [5.74, 6) is 2.50. The Kier molecular flexibility index (Phi) is 4.87. The van der Waals surface area contributed by atoms with Gasteiger partial charge in [0.05, 0.1) is 24.3 Å². The molecule has 1 saturated heterocycles. The Hall–Kier alpha value is -2.60. The smallest absolute Gasteiger partial charge is 0.254 e. The Bertz CT molecular complexity index is 947. The topological polar surface area (TPSA) is 57.2 Å². The van der Waals surface area contributed by atoms with Gasteiger partial charge in [-0.1, -0.05) is 17.7 Å². The number of amides is 1. The Morgan fingerprint density at radius 1 is 0.897 bits per heavy atom. The first-order valence-electron chi connectivity index (χ1n) is 10.0. The van der Waals surface area contributed by atoms with E-state index in [9.17, 15) is 4.79 Å². The van der Waals surface area contributed by atoms with Gasteiger partial charge in [-0.3, -0.25) is 4.79 Å². The second-order valence-corrected chi connectivity index (χ2v) is 7.80. The van der Waals surface area contributed by atoms with Crippen molar-refractivity contribution in [2.75, 3.05) is 33.0 Å². The molecule has 0 aliphatic carbocycles. The third-order valence-electron chi connectivity index (χ3n) is 5.51. The first-order valence-corrected chi connectivity index (χ1v) is 10.4. The summed E-state index contributed by atoms with van der Waals surface area (Å²) in [7, 11) is 0. The lowest BCUT2D eigenvalue weighted by molar-refractivity contribution is 0.0734. The normalized spacial score (nSPS) is 20.3. The summed E-state index contributed by atoms with van der Waals surface area (Å²) in [5.41, 5.74) is 1.57. The summed E-state index contributed by atoms with van der Waals surface area (Å²) in [4.78, 5) is 15.2.